The van der Waals surface area contributed by atoms with E-state index in [0.717, 1.165) is 0 Å². The topological polar surface area (TPSA) is 74.7 Å². The number of nitrogen functional groups attached to an aromatic ring is 1. The minimum absolute atomic E-state index is 0.117. The number of hydrogen-bond donors (Lipinski definition) is 1. The van der Waals surface area contributed by atoms with Crippen LogP contribution in [0.2, 0.25) is 0 Å². The fourth-order valence-corrected chi connectivity index (χ4v) is 1.72. The third-order valence-corrected chi connectivity index (χ3v) is 2.63. The first kappa shape index (κ1) is 13.7. The van der Waals surface area contributed by atoms with Gasteiger partial charge < -0.3 is 19.6 Å². The van der Waals surface area contributed by atoms with Gasteiger partial charge in [0, 0.05) is 5.69 Å². The molecule has 0 fully saturated rings. The van der Waals surface area contributed by atoms with Crippen LogP contribution in [0.25, 0.3) is 11.3 Å². The van der Waals surface area contributed by atoms with Crippen LogP contribution in [0.5, 0.6) is 5.75 Å². The summed E-state index contributed by atoms with van der Waals surface area (Å²) in [6, 6.07) is 8.40. The molecule has 0 atom stereocenters. The zero-order chi connectivity index (χ0) is 14.5. The normalized spacial score (nSPS) is 10.1. The number of carbonyl (C=O) groups is 1. The summed E-state index contributed by atoms with van der Waals surface area (Å²) >= 11 is 0. The van der Waals surface area contributed by atoms with Gasteiger partial charge in [-0.2, -0.15) is 0 Å². The highest BCUT2D eigenvalue weighted by atomic mass is 16.5. The first-order valence-corrected chi connectivity index (χ1v) is 5.97. The molecule has 0 aliphatic carbocycles. The third kappa shape index (κ3) is 2.83. The minimum atomic E-state index is -0.543. The third-order valence-electron chi connectivity index (χ3n) is 2.63. The SMILES string of the molecule is C=CCOC(=O)c1ccc(-c2cc(N)ccc2OC)o1. The highest BCUT2D eigenvalue weighted by Crippen LogP contribution is 2.33. The summed E-state index contributed by atoms with van der Waals surface area (Å²) in [5.41, 5.74) is 7.00. The van der Waals surface area contributed by atoms with E-state index in [4.69, 9.17) is 19.6 Å². The van der Waals surface area contributed by atoms with Gasteiger partial charge in [-0.15, -0.1) is 0 Å². The van der Waals surface area contributed by atoms with Gasteiger partial charge in [0.25, 0.3) is 0 Å². The van der Waals surface area contributed by atoms with Crippen LogP contribution < -0.4 is 10.5 Å². The zero-order valence-corrected chi connectivity index (χ0v) is 11.1. The number of carbonyl (C=O) groups excluding carboxylic acids is 1. The molecule has 0 saturated heterocycles. The van der Waals surface area contributed by atoms with Crippen LogP contribution in [0.15, 0.2) is 47.4 Å². The van der Waals surface area contributed by atoms with Gasteiger partial charge >= 0.3 is 5.97 Å². The van der Waals surface area contributed by atoms with Crippen LogP contribution in [0.4, 0.5) is 5.69 Å². The number of esters is 1. The van der Waals surface area contributed by atoms with E-state index in [1.165, 1.54) is 6.08 Å². The lowest BCUT2D eigenvalue weighted by Gasteiger charge is -2.06. The molecule has 0 spiro atoms. The lowest BCUT2D eigenvalue weighted by molar-refractivity contribution is 0.0514. The number of anilines is 1. The van der Waals surface area contributed by atoms with Gasteiger partial charge in [-0.3, -0.25) is 0 Å². The Labute approximate surface area is 116 Å². The lowest BCUT2D eigenvalue weighted by atomic mass is 10.1. The smallest absolute Gasteiger partial charge is 0.374 e. The lowest BCUT2D eigenvalue weighted by Crippen LogP contribution is -2.03. The van der Waals surface area contributed by atoms with Crippen molar-refractivity contribution in [1.29, 1.82) is 0 Å². The van der Waals surface area contributed by atoms with Crippen LogP contribution >= 0.6 is 0 Å². The Balaban J connectivity index is 2.31. The summed E-state index contributed by atoms with van der Waals surface area (Å²) in [5, 5.41) is 0. The Kier molecular flexibility index (Phi) is 4.10. The first-order valence-electron chi connectivity index (χ1n) is 5.97. The maximum absolute atomic E-state index is 11.6. The predicted octanol–water partition coefficient (Wildman–Crippen LogP) is 2.88. The molecule has 2 aromatic rings. The molecule has 2 rings (SSSR count). The van der Waals surface area contributed by atoms with Crippen molar-refractivity contribution in [3.8, 4) is 17.1 Å². The summed E-state index contributed by atoms with van der Waals surface area (Å²) in [6.45, 7) is 3.61. The fraction of sp³-hybridized carbons (Fsp3) is 0.133. The van der Waals surface area contributed by atoms with Gasteiger partial charge in [0.15, 0.2) is 0 Å². The molecule has 5 heteroatoms. The highest BCUT2D eigenvalue weighted by Gasteiger charge is 2.15. The van der Waals surface area contributed by atoms with Crippen molar-refractivity contribution in [2.75, 3.05) is 19.5 Å². The van der Waals surface area contributed by atoms with Crippen LogP contribution in [-0.2, 0) is 4.74 Å². The van der Waals surface area contributed by atoms with E-state index in [9.17, 15) is 4.79 Å². The van der Waals surface area contributed by atoms with Gasteiger partial charge in [0.05, 0.1) is 12.7 Å². The van der Waals surface area contributed by atoms with Gasteiger partial charge in [0.2, 0.25) is 5.76 Å². The van der Waals surface area contributed by atoms with E-state index in [0.29, 0.717) is 22.8 Å². The van der Waals surface area contributed by atoms with E-state index in [1.54, 1.807) is 37.4 Å². The highest BCUT2D eigenvalue weighted by molar-refractivity contribution is 5.87. The van der Waals surface area contributed by atoms with E-state index in [-0.39, 0.29) is 12.4 Å². The number of methoxy groups -OCH3 is 1. The Hall–Kier alpha value is -2.69. The summed E-state index contributed by atoms with van der Waals surface area (Å²) in [4.78, 5) is 11.6. The van der Waals surface area contributed by atoms with Crippen LogP contribution in [-0.4, -0.2) is 19.7 Å². The largest absolute Gasteiger partial charge is 0.496 e. The number of rotatable bonds is 5. The Morgan fingerprint density at radius 3 is 2.90 bits per heavy atom. The first-order chi connectivity index (χ1) is 9.65. The molecule has 0 aliphatic heterocycles. The van der Waals surface area contributed by atoms with Crippen molar-refractivity contribution in [1.82, 2.24) is 0 Å². The van der Waals surface area contributed by atoms with Crippen LogP contribution in [0, 0.1) is 0 Å². The second kappa shape index (κ2) is 5.97. The van der Waals surface area contributed by atoms with E-state index in [1.807, 2.05) is 0 Å². The quantitative estimate of drug-likeness (QED) is 0.515. The number of hydrogen-bond acceptors (Lipinski definition) is 5. The van der Waals surface area contributed by atoms with Crippen LogP contribution in [0.3, 0.4) is 0 Å². The molecule has 1 aromatic heterocycles. The van der Waals surface area contributed by atoms with Gasteiger partial charge in [-0.1, -0.05) is 12.7 Å². The molecule has 0 aliphatic rings. The summed E-state index contributed by atoms with van der Waals surface area (Å²) in [5.74, 6) is 0.671. The van der Waals surface area contributed by atoms with Gasteiger partial charge in [0.1, 0.15) is 18.1 Å². The fourth-order valence-electron chi connectivity index (χ4n) is 1.72. The average molecular weight is 273 g/mol. The molecule has 0 bridgehead atoms. The molecule has 0 unspecified atom stereocenters. The Morgan fingerprint density at radius 1 is 1.40 bits per heavy atom. The molecule has 0 radical (unpaired) electrons. The maximum Gasteiger partial charge on any atom is 0.374 e. The molecular formula is C15H15NO4. The molecule has 0 saturated carbocycles. The monoisotopic (exact) mass is 273 g/mol. The molecule has 104 valence electrons. The summed E-state index contributed by atoms with van der Waals surface area (Å²) in [7, 11) is 1.55. The van der Waals surface area contributed by atoms with Crippen molar-refractivity contribution in [3.63, 3.8) is 0 Å². The predicted molar refractivity (Wildman–Crippen MR) is 75.6 cm³/mol. The number of furan rings is 1. The molecule has 0 amide bonds. The van der Waals surface area contributed by atoms with E-state index < -0.39 is 5.97 Å². The number of ether oxygens (including phenoxy) is 2. The zero-order valence-electron chi connectivity index (χ0n) is 11.1. The van der Waals surface area contributed by atoms with Crippen molar-refractivity contribution < 1.29 is 18.7 Å². The molecule has 5 nitrogen and oxygen atoms in total. The molecule has 2 N–H and O–H groups in total. The van der Waals surface area contributed by atoms with Crippen molar-refractivity contribution in [3.05, 3.63) is 48.7 Å². The maximum atomic E-state index is 11.6. The molecule has 1 aromatic carbocycles. The second-order valence-corrected chi connectivity index (χ2v) is 4.01. The van der Waals surface area contributed by atoms with Crippen molar-refractivity contribution >= 4 is 11.7 Å². The second-order valence-electron chi connectivity index (χ2n) is 4.01. The Morgan fingerprint density at radius 2 is 2.20 bits per heavy atom. The van der Waals surface area contributed by atoms with E-state index in [2.05, 4.69) is 6.58 Å². The van der Waals surface area contributed by atoms with Gasteiger partial charge in [-0.05, 0) is 30.3 Å². The summed E-state index contributed by atoms with van der Waals surface area (Å²) < 4.78 is 15.6. The van der Waals surface area contributed by atoms with E-state index >= 15 is 0 Å². The standard InChI is InChI=1S/C15H15NO4/c1-3-8-19-15(17)14-7-6-13(20-14)11-9-10(16)4-5-12(11)18-2/h3-7,9H,1,8,16H2,2H3. The van der Waals surface area contributed by atoms with Crippen molar-refractivity contribution in [2.45, 2.75) is 0 Å². The number of benzene rings is 1. The molecular weight excluding hydrogens is 258 g/mol. The van der Waals surface area contributed by atoms with Crippen molar-refractivity contribution in [2.24, 2.45) is 0 Å². The molecule has 1 heterocycles. The Bertz CT molecular complexity index is 631. The van der Waals surface area contributed by atoms with Crippen LogP contribution in [0.1, 0.15) is 10.6 Å². The molecule has 20 heavy (non-hydrogen) atoms. The average Bonchev–Trinajstić information content (AvgIpc) is 2.94. The summed E-state index contributed by atoms with van der Waals surface area (Å²) in [6.07, 6.45) is 1.49. The number of nitrogens with two attached hydrogens (primary N) is 1. The van der Waals surface area contributed by atoms with Gasteiger partial charge in [-0.25, -0.2) is 4.79 Å². The minimum Gasteiger partial charge on any atom is -0.496 e.